The molecule has 1 rings (SSSR count). The summed E-state index contributed by atoms with van der Waals surface area (Å²) in [6.45, 7) is 6.84. The molecule has 2 amide bonds. The first-order valence-corrected chi connectivity index (χ1v) is 7.96. The Kier molecular flexibility index (Phi) is 7.29. The van der Waals surface area contributed by atoms with Gasteiger partial charge < -0.3 is 20.1 Å². The molecular weight excluding hydrogens is 353 g/mol. The number of rotatable bonds is 6. The number of amides is 2. The number of carbonyl (C=O) groups is 2. The molecule has 0 spiro atoms. The number of nitrogens with one attached hydrogen (secondary N) is 2. The van der Waals surface area contributed by atoms with E-state index in [0.717, 1.165) is 0 Å². The molecule has 1 aromatic rings. The van der Waals surface area contributed by atoms with Crippen molar-refractivity contribution in [3.63, 3.8) is 0 Å². The van der Waals surface area contributed by atoms with Gasteiger partial charge in [0.05, 0.1) is 12.6 Å². The predicted octanol–water partition coefficient (Wildman–Crippen LogP) is 3.33. The van der Waals surface area contributed by atoms with E-state index in [1.54, 1.807) is 45.0 Å². The smallest absolute Gasteiger partial charge is 0.471 e. The molecule has 1 atom stereocenters. The molecule has 0 radical (unpaired) electrons. The molecule has 0 aliphatic heterocycles. The SMILES string of the molecule is CC(NC(=O)C(F)(F)F)c1ccccc1OCCNC(=O)OC(C)(C)C. The summed E-state index contributed by atoms with van der Waals surface area (Å²) in [6, 6.07) is 5.49. The van der Waals surface area contributed by atoms with Gasteiger partial charge in [-0.3, -0.25) is 4.79 Å². The van der Waals surface area contributed by atoms with Crippen molar-refractivity contribution in [2.45, 2.75) is 45.5 Å². The minimum Gasteiger partial charge on any atom is -0.491 e. The van der Waals surface area contributed by atoms with Crippen LogP contribution < -0.4 is 15.4 Å². The Morgan fingerprint density at radius 1 is 1.15 bits per heavy atom. The molecule has 0 saturated heterocycles. The average Bonchev–Trinajstić information content (AvgIpc) is 2.49. The second kappa shape index (κ2) is 8.77. The maximum Gasteiger partial charge on any atom is 0.471 e. The van der Waals surface area contributed by atoms with E-state index in [1.165, 1.54) is 6.92 Å². The van der Waals surface area contributed by atoms with E-state index in [2.05, 4.69) is 5.32 Å². The van der Waals surface area contributed by atoms with Crippen molar-refractivity contribution in [3.8, 4) is 5.75 Å². The van der Waals surface area contributed by atoms with E-state index in [1.807, 2.05) is 5.32 Å². The molecule has 1 unspecified atom stereocenters. The second-order valence-corrected chi connectivity index (χ2v) is 6.51. The van der Waals surface area contributed by atoms with E-state index < -0.39 is 29.8 Å². The molecule has 0 saturated carbocycles. The average molecular weight is 376 g/mol. The van der Waals surface area contributed by atoms with Crippen molar-refractivity contribution in [2.24, 2.45) is 0 Å². The summed E-state index contributed by atoms with van der Waals surface area (Å²) >= 11 is 0. The molecule has 0 aliphatic carbocycles. The lowest BCUT2D eigenvalue weighted by Gasteiger charge is -2.20. The highest BCUT2D eigenvalue weighted by Gasteiger charge is 2.39. The fraction of sp³-hybridized carbons (Fsp3) is 0.529. The predicted molar refractivity (Wildman–Crippen MR) is 88.8 cm³/mol. The minimum atomic E-state index is -4.96. The van der Waals surface area contributed by atoms with Crippen LogP contribution in [0.15, 0.2) is 24.3 Å². The molecule has 9 heteroatoms. The lowest BCUT2D eigenvalue weighted by molar-refractivity contribution is -0.174. The Bertz CT molecular complexity index is 627. The molecule has 2 N–H and O–H groups in total. The van der Waals surface area contributed by atoms with Gasteiger partial charge in [0.25, 0.3) is 0 Å². The summed E-state index contributed by atoms with van der Waals surface area (Å²) in [7, 11) is 0. The van der Waals surface area contributed by atoms with E-state index in [-0.39, 0.29) is 13.2 Å². The van der Waals surface area contributed by atoms with Crippen LogP contribution in [-0.2, 0) is 9.53 Å². The van der Waals surface area contributed by atoms with Crippen molar-refractivity contribution < 1.29 is 32.2 Å². The van der Waals surface area contributed by atoms with Gasteiger partial charge in [-0.15, -0.1) is 0 Å². The van der Waals surface area contributed by atoms with Crippen LogP contribution in [0.25, 0.3) is 0 Å². The first-order chi connectivity index (χ1) is 11.9. The number of ether oxygens (including phenoxy) is 2. The normalized spacial score (nSPS) is 12.9. The van der Waals surface area contributed by atoms with Gasteiger partial charge in [-0.2, -0.15) is 13.2 Å². The van der Waals surface area contributed by atoms with Gasteiger partial charge in [-0.25, -0.2) is 4.79 Å². The number of alkyl carbamates (subject to hydrolysis) is 1. The van der Waals surface area contributed by atoms with Gasteiger partial charge in [0.15, 0.2) is 0 Å². The monoisotopic (exact) mass is 376 g/mol. The van der Waals surface area contributed by atoms with E-state index in [4.69, 9.17) is 9.47 Å². The summed E-state index contributed by atoms with van der Waals surface area (Å²) in [5.41, 5.74) is -0.230. The maximum atomic E-state index is 12.4. The van der Waals surface area contributed by atoms with E-state index in [0.29, 0.717) is 11.3 Å². The highest BCUT2D eigenvalue weighted by Crippen LogP contribution is 2.26. The zero-order valence-corrected chi connectivity index (χ0v) is 15.1. The summed E-state index contributed by atoms with van der Waals surface area (Å²) in [4.78, 5) is 22.6. The van der Waals surface area contributed by atoms with Gasteiger partial charge in [0, 0.05) is 5.56 Å². The van der Waals surface area contributed by atoms with Gasteiger partial charge in [-0.05, 0) is 33.8 Å². The fourth-order valence-corrected chi connectivity index (χ4v) is 1.95. The Labute approximate surface area is 150 Å². The highest BCUT2D eigenvalue weighted by molar-refractivity contribution is 5.82. The molecular formula is C17H23F3N2O4. The number of halogens is 3. The molecule has 0 bridgehead atoms. The molecule has 146 valence electrons. The Morgan fingerprint density at radius 2 is 1.77 bits per heavy atom. The van der Waals surface area contributed by atoms with Crippen molar-refractivity contribution >= 4 is 12.0 Å². The Morgan fingerprint density at radius 3 is 2.35 bits per heavy atom. The number of carbonyl (C=O) groups excluding carboxylic acids is 2. The number of alkyl halides is 3. The highest BCUT2D eigenvalue weighted by atomic mass is 19.4. The Hall–Kier alpha value is -2.45. The summed E-state index contributed by atoms with van der Waals surface area (Å²) in [5, 5.41) is 4.38. The van der Waals surface area contributed by atoms with Crippen LogP contribution >= 0.6 is 0 Å². The summed E-state index contributed by atoms with van der Waals surface area (Å²) in [6.07, 6.45) is -5.55. The first kappa shape index (κ1) is 21.6. The van der Waals surface area contributed by atoms with Gasteiger partial charge in [-0.1, -0.05) is 18.2 Å². The molecule has 0 aromatic heterocycles. The standard InChI is InChI=1S/C17H23F3N2O4/c1-11(22-14(23)17(18,19)20)12-7-5-6-8-13(12)25-10-9-21-15(24)26-16(2,3)4/h5-8,11H,9-10H2,1-4H3,(H,21,24)(H,22,23). The first-order valence-electron chi connectivity index (χ1n) is 7.96. The van der Waals surface area contributed by atoms with Crippen LogP contribution in [0.3, 0.4) is 0 Å². The van der Waals surface area contributed by atoms with Crippen LogP contribution in [0.1, 0.15) is 39.3 Å². The zero-order chi connectivity index (χ0) is 20.0. The second-order valence-electron chi connectivity index (χ2n) is 6.51. The lowest BCUT2D eigenvalue weighted by atomic mass is 10.1. The minimum absolute atomic E-state index is 0.0796. The van der Waals surface area contributed by atoms with E-state index >= 15 is 0 Å². The lowest BCUT2D eigenvalue weighted by Crippen LogP contribution is -2.38. The third-order valence-electron chi connectivity index (χ3n) is 3.02. The molecule has 1 aromatic carbocycles. The molecule has 0 heterocycles. The largest absolute Gasteiger partial charge is 0.491 e. The van der Waals surface area contributed by atoms with Crippen LogP contribution in [-0.4, -0.2) is 36.9 Å². The zero-order valence-electron chi connectivity index (χ0n) is 15.1. The number of hydrogen-bond acceptors (Lipinski definition) is 4. The van der Waals surface area contributed by atoms with Crippen LogP contribution in [0, 0.1) is 0 Å². The van der Waals surface area contributed by atoms with Crippen LogP contribution in [0.5, 0.6) is 5.75 Å². The van der Waals surface area contributed by atoms with Crippen molar-refractivity contribution in [1.82, 2.24) is 10.6 Å². The van der Waals surface area contributed by atoms with Crippen molar-refractivity contribution in [2.75, 3.05) is 13.2 Å². The molecule has 6 nitrogen and oxygen atoms in total. The molecule has 0 fully saturated rings. The maximum absolute atomic E-state index is 12.4. The van der Waals surface area contributed by atoms with Gasteiger partial charge in [0.2, 0.25) is 0 Å². The number of hydrogen-bond donors (Lipinski definition) is 2. The van der Waals surface area contributed by atoms with Crippen LogP contribution in [0.2, 0.25) is 0 Å². The topological polar surface area (TPSA) is 76.7 Å². The molecule has 26 heavy (non-hydrogen) atoms. The van der Waals surface area contributed by atoms with Crippen LogP contribution in [0.4, 0.5) is 18.0 Å². The van der Waals surface area contributed by atoms with Crippen molar-refractivity contribution in [3.05, 3.63) is 29.8 Å². The van der Waals surface area contributed by atoms with Gasteiger partial charge >= 0.3 is 18.2 Å². The third kappa shape index (κ3) is 7.62. The third-order valence-corrected chi connectivity index (χ3v) is 3.02. The number of para-hydroxylation sites is 1. The summed E-state index contributed by atoms with van der Waals surface area (Å²) in [5.74, 6) is -1.71. The fourth-order valence-electron chi connectivity index (χ4n) is 1.95. The Balaban J connectivity index is 2.59. The van der Waals surface area contributed by atoms with E-state index in [9.17, 15) is 22.8 Å². The van der Waals surface area contributed by atoms with Gasteiger partial charge in [0.1, 0.15) is 18.0 Å². The quantitative estimate of drug-likeness (QED) is 0.747. The summed E-state index contributed by atoms with van der Waals surface area (Å²) < 4.78 is 47.7. The van der Waals surface area contributed by atoms with Crippen molar-refractivity contribution in [1.29, 1.82) is 0 Å². The molecule has 0 aliphatic rings. The number of benzene rings is 1.